The Bertz CT molecular complexity index is 748. The molecule has 0 atom stereocenters. The first-order valence-electron chi connectivity index (χ1n) is 8.63. The molecule has 2 amide bonds. The van der Waals surface area contributed by atoms with Crippen molar-refractivity contribution in [2.24, 2.45) is 0 Å². The fourth-order valence-corrected chi connectivity index (χ4v) is 3.13. The summed E-state index contributed by atoms with van der Waals surface area (Å²) in [7, 11) is 0. The first-order chi connectivity index (χ1) is 12.0. The Morgan fingerprint density at radius 3 is 2.08 bits per heavy atom. The lowest BCUT2D eigenvalue weighted by Gasteiger charge is -2.21. The van der Waals surface area contributed by atoms with Crippen molar-refractivity contribution in [1.29, 1.82) is 0 Å². The van der Waals surface area contributed by atoms with Gasteiger partial charge >= 0.3 is 0 Å². The normalized spacial score (nSPS) is 17.4. The maximum Gasteiger partial charge on any atom is 0.247 e. The molecule has 3 rings (SSSR count). The van der Waals surface area contributed by atoms with Gasteiger partial charge in [-0.25, -0.2) is 4.98 Å². The summed E-state index contributed by atoms with van der Waals surface area (Å²) in [5.74, 6) is 0.727. The molecule has 25 heavy (non-hydrogen) atoms. The van der Waals surface area contributed by atoms with E-state index in [0.717, 1.165) is 17.8 Å². The van der Waals surface area contributed by atoms with Crippen LogP contribution in [0.15, 0.2) is 29.4 Å². The van der Waals surface area contributed by atoms with Crippen molar-refractivity contribution in [1.82, 2.24) is 19.8 Å². The van der Waals surface area contributed by atoms with E-state index < -0.39 is 0 Å². The smallest absolute Gasteiger partial charge is 0.247 e. The number of carbonyl (C=O) groups is 2. The number of rotatable bonds is 4. The highest BCUT2D eigenvalue weighted by Crippen LogP contribution is 2.26. The van der Waals surface area contributed by atoms with Gasteiger partial charge in [0.25, 0.3) is 0 Å². The molecule has 0 fully saturated rings. The number of hydrogen-bond donors (Lipinski definition) is 1. The molecular formula is C19H24N4O2. The standard InChI is InChI=1S/C19H24N4O2/c1-4-5-6-18(24)22-9-15-11-23(12-16(15)10-22)19(25)8-7-17-20-13(2)14(3)21-17/h5-8H,4,9-12H2,1-3H3,(H,20,21)/b6-5+,8-7+. The Morgan fingerprint density at radius 1 is 1.04 bits per heavy atom. The minimum absolute atomic E-state index is 0.0233. The van der Waals surface area contributed by atoms with E-state index >= 15 is 0 Å². The molecule has 0 aliphatic carbocycles. The second-order valence-corrected chi connectivity index (χ2v) is 6.57. The lowest BCUT2D eigenvalue weighted by molar-refractivity contribution is -0.125. The molecule has 0 spiro atoms. The molecule has 0 radical (unpaired) electrons. The average Bonchev–Trinajstić information content (AvgIpc) is 3.24. The third-order valence-corrected chi connectivity index (χ3v) is 4.68. The van der Waals surface area contributed by atoms with Crippen LogP contribution in [-0.2, 0) is 9.59 Å². The number of nitrogens with one attached hydrogen (secondary N) is 1. The van der Waals surface area contributed by atoms with Gasteiger partial charge in [-0.1, -0.05) is 13.0 Å². The van der Waals surface area contributed by atoms with E-state index in [1.54, 1.807) is 18.2 Å². The Morgan fingerprint density at radius 2 is 1.60 bits per heavy atom. The molecule has 2 aliphatic rings. The van der Waals surface area contributed by atoms with E-state index in [1.165, 1.54) is 11.1 Å². The lowest BCUT2D eigenvalue weighted by atomic mass is 10.2. The minimum atomic E-state index is -0.0233. The molecule has 2 aliphatic heterocycles. The van der Waals surface area contributed by atoms with Crippen molar-refractivity contribution in [3.8, 4) is 0 Å². The molecule has 0 saturated carbocycles. The zero-order valence-corrected chi connectivity index (χ0v) is 15.0. The predicted molar refractivity (Wildman–Crippen MR) is 96.7 cm³/mol. The second-order valence-electron chi connectivity index (χ2n) is 6.57. The van der Waals surface area contributed by atoms with Crippen LogP contribution in [0.25, 0.3) is 6.08 Å². The Hall–Kier alpha value is -2.63. The molecule has 1 aromatic rings. The number of aryl methyl sites for hydroxylation is 2. The van der Waals surface area contributed by atoms with Gasteiger partial charge in [-0.05, 0) is 43.6 Å². The summed E-state index contributed by atoms with van der Waals surface area (Å²) in [6, 6.07) is 0. The van der Waals surface area contributed by atoms with Crippen LogP contribution < -0.4 is 0 Å². The number of nitrogens with zero attached hydrogens (tertiary/aromatic N) is 3. The highest BCUT2D eigenvalue weighted by Gasteiger charge is 2.32. The summed E-state index contributed by atoms with van der Waals surface area (Å²) in [6.07, 6.45) is 7.66. The van der Waals surface area contributed by atoms with Crippen molar-refractivity contribution < 1.29 is 9.59 Å². The van der Waals surface area contributed by atoms with Crippen LogP contribution in [0.3, 0.4) is 0 Å². The number of H-pyrrole nitrogens is 1. The van der Waals surface area contributed by atoms with E-state index in [4.69, 9.17) is 0 Å². The van der Waals surface area contributed by atoms with Gasteiger partial charge in [-0.15, -0.1) is 0 Å². The van der Waals surface area contributed by atoms with Gasteiger partial charge in [0.15, 0.2) is 0 Å². The lowest BCUT2D eigenvalue weighted by Crippen LogP contribution is -2.35. The van der Waals surface area contributed by atoms with Gasteiger partial charge in [0.2, 0.25) is 11.8 Å². The number of aromatic amines is 1. The quantitative estimate of drug-likeness (QED) is 0.673. The largest absolute Gasteiger partial charge is 0.342 e. The molecule has 1 aromatic heterocycles. The predicted octanol–water partition coefficient (Wildman–Crippen LogP) is 1.99. The maximum absolute atomic E-state index is 12.4. The maximum atomic E-state index is 12.4. The number of allylic oxidation sites excluding steroid dienone is 1. The molecule has 6 nitrogen and oxygen atoms in total. The molecule has 3 heterocycles. The molecule has 132 valence electrons. The van der Waals surface area contributed by atoms with Crippen LogP contribution in [0.5, 0.6) is 0 Å². The van der Waals surface area contributed by atoms with Crippen LogP contribution in [0.1, 0.15) is 30.6 Å². The van der Waals surface area contributed by atoms with Crippen molar-refractivity contribution in [2.75, 3.05) is 26.2 Å². The highest BCUT2D eigenvalue weighted by molar-refractivity contribution is 5.92. The topological polar surface area (TPSA) is 69.3 Å². The van der Waals surface area contributed by atoms with Crippen molar-refractivity contribution in [3.05, 3.63) is 46.6 Å². The monoisotopic (exact) mass is 340 g/mol. The molecule has 0 aromatic carbocycles. The Labute approximate surface area is 147 Å². The molecule has 6 heteroatoms. The first-order valence-corrected chi connectivity index (χ1v) is 8.63. The van der Waals surface area contributed by atoms with Crippen molar-refractivity contribution >= 4 is 17.9 Å². The highest BCUT2D eigenvalue weighted by atomic mass is 16.2. The van der Waals surface area contributed by atoms with Crippen LogP contribution >= 0.6 is 0 Å². The molecular weight excluding hydrogens is 316 g/mol. The summed E-state index contributed by atoms with van der Waals surface area (Å²) in [6.45, 7) is 8.38. The fraction of sp³-hybridized carbons (Fsp3) is 0.421. The molecule has 0 unspecified atom stereocenters. The second kappa shape index (κ2) is 7.09. The molecule has 0 saturated heterocycles. The van der Waals surface area contributed by atoms with Crippen LogP contribution in [-0.4, -0.2) is 57.8 Å². The number of imidazole rings is 1. The van der Waals surface area contributed by atoms with Crippen LogP contribution in [0.2, 0.25) is 0 Å². The van der Waals surface area contributed by atoms with Crippen LogP contribution in [0.4, 0.5) is 0 Å². The van der Waals surface area contributed by atoms with Gasteiger partial charge in [-0.3, -0.25) is 9.59 Å². The van der Waals surface area contributed by atoms with Gasteiger partial charge in [0.05, 0.1) is 5.69 Å². The summed E-state index contributed by atoms with van der Waals surface area (Å²) < 4.78 is 0. The summed E-state index contributed by atoms with van der Waals surface area (Å²) in [5, 5.41) is 0. The third kappa shape index (κ3) is 3.73. The minimum Gasteiger partial charge on any atom is -0.342 e. The van der Waals surface area contributed by atoms with Gasteiger partial charge in [0.1, 0.15) is 5.82 Å². The van der Waals surface area contributed by atoms with Gasteiger partial charge in [-0.2, -0.15) is 0 Å². The fourth-order valence-electron chi connectivity index (χ4n) is 3.13. The number of hydrogen-bond acceptors (Lipinski definition) is 3. The summed E-state index contributed by atoms with van der Waals surface area (Å²) in [5.41, 5.74) is 4.35. The van der Waals surface area contributed by atoms with Crippen molar-refractivity contribution in [2.45, 2.75) is 27.2 Å². The van der Waals surface area contributed by atoms with E-state index in [2.05, 4.69) is 9.97 Å². The number of amides is 2. The van der Waals surface area contributed by atoms with Crippen LogP contribution in [0, 0.1) is 13.8 Å². The third-order valence-electron chi connectivity index (χ3n) is 4.68. The van der Waals surface area contributed by atoms with Crippen molar-refractivity contribution in [3.63, 3.8) is 0 Å². The molecule has 0 bridgehead atoms. The zero-order valence-electron chi connectivity index (χ0n) is 15.0. The average molecular weight is 340 g/mol. The Kier molecular flexibility index (Phi) is 4.88. The van der Waals surface area contributed by atoms with E-state index in [0.29, 0.717) is 32.0 Å². The zero-order chi connectivity index (χ0) is 18.0. The summed E-state index contributed by atoms with van der Waals surface area (Å²) in [4.78, 5) is 35.6. The Balaban J connectivity index is 1.54. The van der Waals surface area contributed by atoms with E-state index in [9.17, 15) is 9.59 Å². The molecule has 1 N–H and O–H groups in total. The number of aromatic nitrogens is 2. The SMILES string of the molecule is CC/C=C/C(=O)N1CC2=C(C1)CN(C(=O)/C=C/c1nc(C)c(C)[nH]1)C2. The summed E-state index contributed by atoms with van der Waals surface area (Å²) >= 11 is 0. The van der Waals surface area contributed by atoms with Gasteiger partial charge < -0.3 is 14.8 Å². The van der Waals surface area contributed by atoms with Gasteiger partial charge in [0, 0.05) is 37.9 Å². The first kappa shape index (κ1) is 17.2. The number of carbonyl (C=O) groups excluding carboxylic acids is 2. The van der Waals surface area contributed by atoms with E-state index in [-0.39, 0.29) is 11.8 Å². The van der Waals surface area contributed by atoms with E-state index in [1.807, 2.05) is 36.6 Å².